The van der Waals surface area contributed by atoms with Crippen molar-refractivity contribution in [1.29, 1.82) is 0 Å². The van der Waals surface area contributed by atoms with Gasteiger partial charge in [-0.25, -0.2) is 0 Å². The SMILES string of the molecule is CC1=CCC2(C)CCC(=C(C)C)C2CC1. The van der Waals surface area contributed by atoms with Crippen molar-refractivity contribution in [3.8, 4) is 0 Å². The predicted octanol–water partition coefficient (Wildman–Crippen LogP) is 4.87. The first-order valence-corrected chi connectivity index (χ1v) is 6.35. The van der Waals surface area contributed by atoms with E-state index in [1.165, 1.54) is 32.1 Å². The van der Waals surface area contributed by atoms with Crippen molar-refractivity contribution in [1.82, 2.24) is 0 Å². The van der Waals surface area contributed by atoms with Crippen molar-refractivity contribution in [3.05, 3.63) is 22.8 Å². The van der Waals surface area contributed by atoms with E-state index >= 15 is 0 Å². The molecule has 0 heterocycles. The predicted molar refractivity (Wildman–Crippen MR) is 66.8 cm³/mol. The van der Waals surface area contributed by atoms with Crippen LogP contribution in [0.25, 0.3) is 0 Å². The zero-order chi connectivity index (χ0) is 11.1. The number of rotatable bonds is 0. The fourth-order valence-corrected chi connectivity index (χ4v) is 3.44. The van der Waals surface area contributed by atoms with E-state index in [9.17, 15) is 0 Å². The van der Waals surface area contributed by atoms with Gasteiger partial charge in [0.15, 0.2) is 0 Å². The number of hydrogen-bond acceptors (Lipinski definition) is 0. The largest absolute Gasteiger partial charge is 0.0850 e. The van der Waals surface area contributed by atoms with E-state index in [0.29, 0.717) is 5.41 Å². The van der Waals surface area contributed by atoms with Gasteiger partial charge in [-0.15, -0.1) is 0 Å². The van der Waals surface area contributed by atoms with Crippen LogP contribution in [0.1, 0.15) is 59.8 Å². The number of fused-ring (bicyclic) bond motifs is 1. The quantitative estimate of drug-likeness (QED) is 0.494. The van der Waals surface area contributed by atoms with Crippen LogP contribution in [-0.2, 0) is 0 Å². The third-order valence-electron chi connectivity index (χ3n) is 4.61. The Balaban J connectivity index is 2.30. The Hall–Kier alpha value is -0.520. The lowest BCUT2D eigenvalue weighted by atomic mass is 9.74. The summed E-state index contributed by atoms with van der Waals surface area (Å²) in [5, 5.41) is 0. The Labute approximate surface area is 94.5 Å². The first-order valence-electron chi connectivity index (χ1n) is 6.35. The van der Waals surface area contributed by atoms with Crippen LogP contribution in [-0.4, -0.2) is 0 Å². The Morgan fingerprint density at radius 1 is 1.33 bits per heavy atom. The molecule has 1 fully saturated rings. The molecule has 0 amide bonds. The zero-order valence-electron chi connectivity index (χ0n) is 10.7. The minimum atomic E-state index is 0.574. The third kappa shape index (κ3) is 1.91. The molecule has 0 aliphatic heterocycles. The van der Waals surface area contributed by atoms with Crippen LogP contribution in [0.4, 0.5) is 0 Å². The second kappa shape index (κ2) is 3.81. The third-order valence-corrected chi connectivity index (χ3v) is 4.61. The molecule has 2 aliphatic rings. The standard InChI is InChI=1S/C15H24/c1-11(2)13-8-10-15(4)9-7-12(3)5-6-14(13)15/h7,14H,5-6,8-10H2,1-4H3. The highest BCUT2D eigenvalue weighted by molar-refractivity contribution is 5.24. The van der Waals surface area contributed by atoms with Crippen molar-refractivity contribution in [3.63, 3.8) is 0 Å². The molecule has 15 heavy (non-hydrogen) atoms. The maximum atomic E-state index is 2.50. The average molecular weight is 204 g/mol. The molecule has 1 saturated carbocycles. The first-order chi connectivity index (χ1) is 7.03. The molecule has 2 atom stereocenters. The first kappa shape index (κ1) is 11.0. The van der Waals surface area contributed by atoms with Crippen molar-refractivity contribution in [2.75, 3.05) is 0 Å². The summed E-state index contributed by atoms with van der Waals surface area (Å²) in [5.41, 5.74) is 5.55. The molecule has 2 rings (SSSR count). The molecule has 0 spiro atoms. The summed E-state index contributed by atoms with van der Waals surface area (Å²) in [6.45, 7) is 9.40. The molecular formula is C15H24. The van der Waals surface area contributed by atoms with Gasteiger partial charge in [0.2, 0.25) is 0 Å². The van der Waals surface area contributed by atoms with Gasteiger partial charge in [0.05, 0.1) is 0 Å². The van der Waals surface area contributed by atoms with Crippen molar-refractivity contribution in [2.45, 2.75) is 59.8 Å². The second-order valence-corrected chi connectivity index (χ2v) is 6.03. The Morgan fingerprint density at radius 2 is 2.07 bits per heavy atom. The van der Waals surface area contributed by atoms with Gasteiger partial charge < -0.3 is 0 Å². The highest BCUT2D eigenvalue weighted by Crippen LogP contribution is 2.53. The van der Waals surface area contributed by atoms with E-state index < -0.39 is 0 Å². The van der Waals surface area contributed by atoms with Crippen LogP contribution in [0, 0.1) is 11.3 Å². The summed E-state index contributed by atoms with van der Waals surface area (Å²) in [5.74, 6) is 0.871. The Bertz CT molecular complexity index is 315. The fraction of sp³-hybridized carbons (Fsp3) is 0.733. The Morgan fingerprint density at radius 3 is 2.73 bits per heavy atom. The molecule has 0 aromatic rings. The monoisotopic (exact) mass is 204 g/mol. The molecule has 0 nitrogen and oxygen atoms in total. The van der Waals surface area contributed by atoms with Crippen molar-refractivity contribution in [2.24, 2.45) is 11.3 Å². The maximum Gasteiger partial charge on any atom is -0.0141 e. The van der Waals surface area contributed by atoms with Gasteiger partial charge in [-0.1, -0.05) is 29.7 Å². The molecule has 84 valence electrons. The van der Waals surface area contributed by atoms with E-state index in [0.717, 1.165) is 5.92 Å². The summed E-state index contributed by atoms with van der Waals surface area (Å²) in [6.07, 6.45) is 9.27. The topological polar surface area (TPSA) is 0 Å². The smallest absolute Gasteiger partial charge is 0.0141 e. The average Bonchev–Trinajstić information content (AvgIpc) is 2.43. The van der Waals surface area contributed by atoms with E-state index in [1.807, 2.05) is 0 Å². The van der Waals surface area contributed by atoms with Crippen molar-refractivity contribution < 1.29 is 0 Å². The zero-order valence-corrected chi connectivity index (χ0v) is 10.7. The molecule has 0 N–H and O–H groups in total. The molecule has 2 unspecified atom stereocenters. The molecule has 0 radical (unpaired) electrons. The highest BCUT2D eigenvalue weighted by Gasteiger charge is 2.41. The van der Waals surface area contributed by atoms with E-state index in [-0.39, 0.29) is 0 Å². The number of hydrogen-bond donors (Lipinski definition) is 0. The van der Waals surface area contributed by atoms with Gasteiger partial charge in [0.1, 0.15) is 0 Å². The van der Waals surface area contributed by atoms with Gasteiger partial charge in [0.25, 0.3) is 0 Å². The van der Waals surface area contributed by atoms with Gasteiger partial charge in [0, 0.05) is 0 Å². The second-order valence-electron chi connectivity index (χ2n) is 6.03. The van der Waals surface area contributed by atoms with E-state index in [1.54, 1.807) is 16.7 Å². The highest BCUT2D eigenvalue weighted by atomic mass is 14.5. The van der Waals surface area contributed by atoms with E-state index in [2.05, 4.69) is 33.8 Å². The van der Waals surface area contributed by atoms with Crippen molar-refractivity contribution >= 4 is 0 Å². The van der Waals surface area contributed by atoms with Gasteiger partial charge in [-0.3, -0.25) is 0 Å². The molecule has 0 heteroatoms. The molecule has 0 bridgehead atoms. The van der Waals surface area contributed by atoms with E-state index in [4.69, 9.17) is 0 Å². The summed E-state index contributed by atoms with van der Waals surface area (Å²) < 4.78 is 0. The minimum Gasteiger partial charge on any atom is -0.0850 e. The van der Waals surface area contributed by atoms with Gasteiger partial charge in [-0.05, 0) is 64.2 Å². The number of allylic oxidation sites excluding steroid dienone is 4. The van der Waals surface area contributed by atoms with Crippen LogP contribution >= 0.6 is 0 Å². The van der Waals surface area contributed by atoms with Crippen LogP contribution in [0.2, 0.25) is 0 Å². The van der Waals surface area contributed by atoms with Crippen LogP contribution < -0.4 is 0 Å². The molecule has 0 aromatic carbocycles. The van der Waals surface area contributed by atoms with Gasteiger partial charge >= 0.3 is 0 Å². The summed E-state index contributed by atoms with van der Waals surface area (Å²) >= 11 is 0. The molecular weight excluding hydrogens is 180 g/mol. The van der Waals surface area contributed by atoms with Gasteiger partial charge in [-0.2, -0.15) is 0 Å². The summed E-state index contributed by atoms with van der Waals surface area (Å²) in [7, 11) is 0. The summed E-state index contributed by atoms with van der Waals surface area (Å²) in [6, 6.07) is 0. The summed E-state index contributed by atoms with van der Waals surface area (Å²) in [4.78, 5) is 0. The van der Waals surface area contributed by atoms with Crippen LogP contribution in [0.15, 0.2) is 22.8 Å². The van der Waals surface area contributed by atoms with Crippen LogP contribution in [0.5, 0.6) is 0 Å². The lowest BCUT2D eigenvalue weighted by Gasteiger charge is -2.30. The molecule has 0 aromatic heterocycles. The van der Waals surface area contributed by atoms with Crippen LogP contribution in [0.3, 0.4) is 0 Å². The lowest BCUT2D eigenvalue weighted by Crippen LogP contribution is -2.21. The molecule has 2 aliphatic carbocycles. The lowest BCUT2D eigenvalue weighted by molar-refractivity contribution is 0.246. The fourth-order valence-electron chi connectivity index (χ4n) is 3.44. The molecule has 0 saturated heterocycles. The minimum absolute atomic E-state index is 0.574. The maximum absolute atomic E-state index is 2.50. The Kier molecular flexibility index (Phi) is 2.79. The normalized spacial score (nSPS) is 35.9.